The second kappa shape index (κ2) is 11.0. The first-order valence-electron chi connectivity index (χ1n) is 12.2. The Kier molecular flexibility index (Phi) is 7.70. The minimum Gasteiger partial charge on any atom is -0.416 e. The molecule has 2 aromatic carbocycles. The summed E-state index contributed by atoms with van der Waals surface area (Å²) in [6, 6.07) is 10.9. The van der Waals surface area contributed by atoms with Crippen molar-refractivity contribution >= 4 is 45.7 Å². The van der Waals surface area contributed by atoms with Crippen LogP contribution in [0, 0.1) is 0 Å². The van der Waals surface area contributed by atoms with Crippen LogP contribution in [0.3, 0.4) is 0 Å². The van der Waals surface area contributed by atoms with E-state index in [2.05, 4.69) is 20.9 Å². The lowest BCUT2D eigenvalue weighted by molar-refractivity contribution is -0.225. The number of ether oxygens (including phenoxy) is 2. The van der Waals surface area contributed by atoms with E-state index in [4.69, 9.17) is 21.1 Å². The average Bonchev–Trinajstić information content (AvgIpc) is 3.23. The lowest BCUT2D eigenvalue weighted by atomic mass is 9.96. The summed E-state index contributed by atoms with van der Waals surface area (Å²) >= 11 is 7.68. The second-order valence-corrected chi connectivity index (χ2v) is 10.4. The van der Waals surface area contributed by atoms with Crippen molar-refractivity contribution in [1.82, 2.24) is 10.3 Å². The fourth-order valence-corrected chi connectivity index (χ4v) is 5.48. The number of fused-ring (bicyclic) bond motifs is 2. The number of benzene rings is 2. The fraction of sp³-hybridized carbons (Fsp3) is 0.346. The van der Waals surface area contributed by atoms with Gasteiger partial charge in [-0.05, 0) is 36.2 Å². The molecular weight excluding hydrogens is 557 g/mol. The zero-order chi connectivity index (χ0) is 27.6. The van der Waals surface area contributed by atoms with Gasteiger partial charge in [-0.3, -0.25) is 9.59 Å². The first-order valence-corrected chi connectivity index (χ1v) is 13.4. The predicted molar refractivity (Wildman–Crippen MR) is 141 cm³/mol. The highest BCUT2D eigenvalue weighted by atomic mass is 35.5. The van der Waals surface area contributed by atoms with E-state index < -0.39 is 30.4 Å². The van der Waals surface area contributed by atoms with Crippen molar-refractivity contribution in [2.24, 2.45) is 0 Å². The molecule has 39 heavy (non-hydrogen) atoms. The van der Waals surface area contributed by atoms with Gasteiger partial charge in [0.05, 0.1) is 35.8 Å². The van der Waals surface area contributed by atoms with E-state index in [1.807, 2.05) is 24.3 Å². The zero-order valence-corrected chi connectivity index (χ0v) is 22.1. The van der Waals surface area contributed by atoms with Gasteiger partial charge in [-0.1, -0.05) is 35.9 Å². The molecule has 0 aliphatic carbocycles. The number of thiazole rings is 1. The molecule has 2 aliphatic rings. The number of hydrogen-bond donors (Lipinski definition) is 3. The Balaban J connectivity index is 1.33. The molecule has 5 rings (SSSR count). The van der Waals surface area contributed by atoms with Crippen LogP contribution in [0.1, 0.15) is 29.5 Å². The SMILES string of the molecule is O=C1CCC(=O)OC2(CNCCc3c2ccc(Cl)c3NCc2ccc(-c3csc(NCC(F)(F)F)n3)cc2)O1. The molecule has 3 aromatic rings. The molecule has 0 saturated carbocycles. The maximum Gasteiger partial charge on any atom is 0.405 e. The van der Waals surface area contributed by atoms with Gasteiger partial charge in [0.2, 0.25) is 0 Å². The highest BCUT2D eigenvalue weighted by Gasteiger charge is 2.46. The highest BCUT2D eigenvalue weighted by Crippen LogP contribution is 2.40. The number of carbonyl (C=O) groups is 2. The molecule has 13 heteroatoms. The van der Waals surface area contributed by atoms with Crippen molar-refractivity contribution in [2.75, 3.05) is 30.3 Å². The molecule has 1 fully saturated rings. The third-order valence-corrected chi connectivity index (χ3v) is 7.45. The van der Waals surface area contributed by atoms with Gasteiger partial charge in [0.1, 0.15) is 6.54 Å². The van der Waals surface area contributed by atoms with Crippen LogP contribution < -0.4 is 16.0 Å². The number of anilines is 2. The maximum atomic E-state index is 12.4. The Morgan fingerprint density at radius 1 is 1.03 bits per heavy atom. The van der Waals surface area contributed by atoms with E-state index in [1.54, 1.807) is 17.5 Å². The van der Waals surface area contributed by atoms with E-state index in [0.717, 1.165) is 28.0 Å². The summed E-state index contributed by atoms with van der Waals surface area (Å²) in [6.45, 7) is -0.0463. The van der Waals surface area contributed by atoms with Crippen LogP contribution in [0.2, 0.25) is 5.02 Å². The number of alkyl halides is 3. The Morgan fingerprint density at radius 2 is 1.74 bits per heavy atom. The standard InChI is InChI=1S/C26H24ClF3N4O4S/c27-19-6-5-18-17(9-10-31-13-25(18)37-21(35)7-8-22(36)38-25)23(19)32-11-15-1-3-16(4-2-15)20-12-39-24(34-20)33-14-26(28,29)30/h1-6,12,31-32H,7-11,13-14H2,(H,33,34). The maximum absolute atomic E-state index is 12.4. The van der Waals surface area contributed by atoms with Crippen LogP contribution in [0.5, 0.6) is 0 Å². The summed E-state index contributed by atoms with van der Waals surface area (Å²) in [6.07, 6.45) is -3.85. The topological polar surface area (TPSA) is 102 Å². The summed E-state index contributed by atoms with van der Waals surface area (Å²) in [5, 5.41) is 11.2. The van der Waals surface area contributed by atoms with Crippen molar-refractivity contribution in [2.45, 2.75) is 37.8 Å². The molecule has 3 N–H and O–H groups in total. The molecule has 1 spiro atoms. The molecule has 2 aliphatic heterocycles. The third-order valence-electron chi connectivity index (χ3n) is 6.34. The predicted octanol–water partition coefficient (Wildman–Crippen LogP) is 5.23. The van der Waals surface area contributed by atoms with E-state index in [9.17, 15) is 22.8 Å². The van der Waals surface area contributed by atoms with Gasteiger partial charge in [-0.2, -0.15) is 13.2 Å². The number of aromatic nitrogens is 1. The van der Waals surface area contributed by atoms with Crippen LogP contribution in [0.15, 0.2) is 41.8 Å². The summed E-state index contributed by atoms with van der Waals surface area (Å²) in [4.78, 5) is 28.9. The number of nitrogens with zero attached hydrogens (tertiary/aromatic N) is 1. The van der Waals surface area contributed by atoms with Gasteiger partial charge in [0, 0.05) is 23.1 Å². The van der Waals surface area contributed by atoms with Gasteiger partial charge in [-0.15, -0.1) is 11.3 Å². The Hall–Kier alpha value is -3.35. The summed E-state index contributed by atoms with van der Waals surface area (Å²) < 4.78 is 48.7. The Labute approximate surface area is 230 Å². The van der Waals surface area contributed by atoms with E-state index in [-0.39, 0.29) is 24.5 Å². The lowest BCUT2D eigenvalue weighted by Crippen LogP contribution is -2.43. The number of hydrogen-bond acceptors (Lipinski definition) is 9. The van der Waals surface area contributed by atoms with Crippen LogP contribution in [-0.2, 0) is 37.8 Å². The van der Waals surface area contributed by atoms with E-state index in [0.29, 0.717) is 41.5 Å². The molecule has 0 bridgehead atoms. The molecule has 8 nitrogen and oxygen atoms in total. The van der Waals surface area contributed by atoms with Crippen molar-refractivity contribution in [3.8, 4) is 11.3 Å². The summed E-state index contributed by atoms with van der Waals surface area (Å²) in [7, 11) is 0. The largest absolute Gasteiger partial charge is 0.416 e. The molecule has 0 atom stereocenters. The van der Waals surface area contributed by atoms with Crippen molar-refractivity contribution in [1.29, 1.82) is 0 Å². The number of esters is 2. The average molecular weight is 581 g/mol. The molecule has 3 heterocycles. The number of rotatable bonds is 6. The van der Waals surface area contributed by atoms with Gasteiger partial charge in [-0.25, -0.2) is 4.98 Å². The first-order chi connectivity index (χ1) is 18.6. The van der Waals surface area contributed by atoms with Crippen LogP contribution in [0.25, 0.3) is 11.3 Å². The van der Waals surface area contributed by atoms with E-state index >= 15 is 0 Å². The lowest BCUT2D eigenvalue weighted by Gasteiger charge is -2.32. The molecule has 0 amide bonds. The number of carbonyl (C=O) groups excluding carboxylic acids is 2. The zero-order valence-electron chi connectivity index (χ0n) is 20.5. The van der Waals surface area contributed by atoms with Gasteiger partial charge in [0.25, 0.3) is 5.79 Å². The molecular formula is C26H24ClF3N4O4S. The van der Waals surface area contributed by atoms with Crippen LogP contribution >= 0.6 is 22.9 Å². The van der Waals surface area contributed by atoms with Gasteiger partial charge in [0.15, 0.2) is 5.13 Å². The Bertz CT molecular complexity index is 1360. The monoisotopic (exact) mass is 580 g/mol. The summed E-state index contributed by atoms with van der Waals surface area (Å²) in [5.74, 6) is -2.59. The van der Waals surface area contributed by atoms with Crippen LogP contribution in [0.4, 0.5) is 24.0 Å². The minimum atomic E-state index is -4.32. The smallest absolute Gasteiger partial charge is 0.405 e. The molecule has 0 unspecified atom stereocenters. The van der Waals surface area contributed by atoms with Gasteiger partial charge >= 0.3 is 18.1 Å². The molecule has 1 saturated heterocycles. The van der Waals surface area contributed by atoms with Crippen molar-refractivity contribution in [3.63, 3.8) is 0 Å². The van der Waals surface area contributed by atoms with Gasteiger partial charge < -0.3 is 25.4 Å². The highest BCUT2D eigenvalue weighted by molar-refractivity contribution is 7.14. The van der Waals surface area contributed by atoms with Crippen molar-refractivity contribution < 1.29 is 32.2 Å². The number of nitrogens with one attached hydrogen (secondary N) is 3. The normalized spacial score (nSPS) is 17.0. The minimum absolute atomic E-state index is 0.0447. The second-order valence-electron chi connectivity index (χ2n) is 9.13. The van der Waals surface area contributed by atoms with E-state index in [1.165, 1.54) is 0 Å². The quantitative estimate of drug-likeness (QED) is 0.341. The van der Waals surface area contributed by atoms with Crippen molar-refractivity contribution in [3.05, 3.63) is 63.5 Å². The molecule has 0 radical (unpaired) electrons. The molecule has 1 aromatic heterocycles. The third kappa shape index (κ3) is 6.29. The number of halogens is 4. The summed E-state index contributed by atoms with van der Waals surface area (Å²) in [5.41, 5.74) is 4.27. The fourth-order valence-electron chi connectivity index (χ4n) is 4.51. The first kappa shape index (κ1) is 27.2. The molecule has 206 valence electrons. The van der Waals surface area contributed by atoms with Crippen LogP contribution in [-0.4, -0.2) is 42.7 Å². The Morgan fingerprint density at radius 3 is 2.44 bits per heavy atom.